The standard InChI is InChI=1S/C14H16F2N2O2S2/c1-18(2)14(10-5-6-21-9-10)8-17-22(19,20)11-3-4-12(15)13(16)7-11/h3-7,9,14,17H,8H2,1-2H3/t14-/m1/s1. The topological polar surface area (TPSA) is 49.4 Å². The van der Waals surface area contributed by atoms with Crippen molar-refractivity contribution >= 4 is 21.4 Å². The van der Waals surface area contributed by atoms with Crippen LogP contribution in [-0.2, 0) is 10.0 Å². The van der Waals surface area contributed by atoms with Gasteiger partial charge in [0.25, 0.3) is 0 Å². The first-order chi connectivity index (χ1) is 10.3. The van der Waals surface area contributed by atoms with Crippen molar-refractivity contribution in [3.8, 4) is 0 Å². The molecule has 0 radical (unpaired) electrons. The normalized spacial score (nSPS) is 13.5. The predicted octanol–water partition coefficient (Wildman–Crippen LogP) is 2.61. The number of nitrogens with one attached hydrogen (secondary N) is 1. The van der Waals surface area contributed by atoms with Crippen LogP contribution in [0.5, 0.6) is 0 Å². The SMILES string of the molecule is CN(C)[C@H](CNS(=O)(=O)c1ccc(F)c(F)c1)c1ccsc1. The van der Waals surface area contributed by atoms with Gasteiger partial charge in [0.05, 0.1) is 4.90 Å². The Bertz CT molecular complexity index is 731. The van der Waals surface area contributed by atoms with Gasteiger partial charge in [-0.1, -0.05) is 0 Å². The summed E-state index contributed by atoms with van der Waals surface area (Å²) in [6, 6.07) is 4.28. The lowest BCUT2D eigenvalue weighted by Crippen LogP contribution is -2.34. The van der Waals surface area contributed by atoms with E-state index in [1.807, 2.05) is 35.8 Å². The molecule has 1 atom stereocenters. The molecule has 0 aliphatic carbocycles. The third-order valence-electron chi connectivity index (χ3n) is 3.22. The summed E-state index contributed by atoms with van der Waals surface area (Å²) >= 11 is 1.52. The molecule has 22 heavy (non-hydrogen) atoms. The summed E-state index contributed by atoms with van der Waals surface area (Å²) in [7, 11) is -0.216. The number of benzene rings is 1. The summed E-state index contributed by atoms with van der Waals surface area (Å²) in [6.07, 6.45) is 0. The van der Waals surface area contributed by atoms with Crippen LogP contribution in [0, 0.1) is 11.6 Å². The van der Waals surface area contributed by atoms with Gasteiger partial charge >= 0.3 is 0 Å². The highest BCUT2D eigenvalue weighted by molar-refractivity contribution is 7.89. The van der Waals surface area contributed by atoms with Crippen LogP contribution in [0.15, 0.2) is 39.9 Å². The average Bonchev–Trinajstić information content (AvgIpc) is 2.95. The molecule has 2 aromatic rings. The van der Waals surface area contributed by atoms with Gasteiger partial charge in [-0.2, -0.15) is 11.3 Å². The summed E-state index contributed by atoms with van der Waals surface area (Å²) in [6.45, 7) is 0.130. The quantitative estimate of drug-likeness (QED) is 0.875. The van der Waals surface area contributed by atoms with Crippen molar-refractivity contribution < 1.29 is 17.2 Å². The number of nitrogens with zero attached hydrogens (tertiary/aromatic N) is 1. The van der Waals surface area contributed by atoms with Gasteiger partial charge in [0.2, 0.25) is 10.0 Å². The van der Waals surface area contributed by atoms with E-state index < -0.39 is 21.7 Å². The van der Waals surface area contributed by atoms with Gasteiger partial charge in [-0.3, -0.25) is 0 Å². The maximum Gasteiger partial charge on any atom is 0.240 e. The highest BCUT2D eigenvalue weighted by Crippen LogP contribution is 2.21. The van der Waals surface area contributed by atoms with Crippen molar-refractivity contribution in [2.75, 3.05) is 20.6 Å². The van der Waals surface area contributed by atoms with Gasteiger partial charge < -0.3 is 4.90 Å². The van der Waals surface area contributed by atoms with E-state index in [9.17, 15) is 17.2 Å². The van der Waals surface area contributed by atoms with E-state index in [-0.39, 0.29) is 17.5 Å². The summed E-state index contributed by atoms with van der Waals surface area (Å²) in [5.74, 6) is -2.27. The van der Waals surface area contributed by atoms with Gasteiger partial charge in [-0.25, -0.2) is 21.9 Å². The molecule has 2 rings (SSSR count). The van der Waals surface area contributed by atoms with E-state index in [1.54, 1.807) is 0 Å². The van der Waals surface area contributed by atoms with Crippen LogP contribution in [0.1, 0.15) is 11.6 Å². The van der Waals surface area contributed by atoms with Gasteiger partial charge in [0, 0.05) is 12.6 Å². The summed E-state index contributed by atoms with van der Waals surface area (Å²) in [5.41, 5.74) is 0.989. The average molecular weight is 346 g/mol. The second kappa shape index (κ2) is 6.82. The monoisotopic (exact) mass is 346 g/mol. The molecule has 0 spiro atoms. The minimum atomic E-state index is -3.90. The van der Waals surface area contributed by atoms with Crippen LogP contribution in [-0.4, -0.2) is 34.0 Å². The molecule has 1 aromatic carbocycles. The van der Waals surface area contributed by atoms with Gasteiger partial charge in [-0.15, -0.1) is 0 Å². The van der Waals surface area contributed by atoms with Crippen LogP contribution >= 0.6 is 11.3 Å². The van der Waals surface area contributed by atoms with E-state index in [0.29, 0.717) is 6.07 Å². The molecule has 0 aliphatic rings. The van der Waals surface area contributed by atoms with Crippen molar-refractivity contribution in [2.24, 2.45) is 0 Å². The molecular formula is C14H16F2N2O2S2. The first-order valence-electron chi connectivity index (χ1n) is 6.44. The van der Waals surface area contributed by atoms with Crippen molar-refractivity contribution in [3.05, 3.63) is 52.2 Å². The highest BCUT2D eigenvalue weighted by atomic mass is 32.2. The van der Waals surface area contributed by atoms with E-state index in [2.05, 4.69) is 4.72 Å². The van der Waals surface area contributed by atoms with Crippen LogP contribution in [0.25, 0.3) is 0 Å². The molecule has 0 saturated carbocycles. The zero-order chi connectivity index (χ0) is 16.3. The van der Waals surface area contributed by atoms with Crippen LogP contribution in [0.4, 0.5) is 8.78 Å². The number of halogens is 2. The number of rotatable bonds is 6. The molecule has 4 nitrogen and oxygen atoms in total. The van der Waals surface area contributed by atoms with Crippen LogP contribution < -0.4 is 4.72 Å². The molecule has 0 saturated heterocycles. The third kappa shape index (κ3) is 3.89. The van der Waals surface area contributed by atoms with Gasteiger partial charge in [-0.05, 0) is 54.7 Å². The molecule has 120 valence electrons. The number of hydrogen-bond donors (Lipinski definition) is 1. The lowest BCUT2D eigenvalue weighted by Gasteiger charge is -2.24. The van der Waals surface area contributed by atoms with E-state index in [4.69, 9.17) is 0 Å². The van der Waals surface area contributed by atoms with Crippen LogP contribution in [0.2, 0.25) is 0 Å². The second-order valence-electron chi connectivity index (χ2n) is 4.96. The van der Waals surface area contributed by atoms with Crippen LogP contribution in [0.3, 0.4) is 0 Å². The fraction of sp³-hybridized carbons (Fsp3) is 0.286. The molecule has 8 heteroatoms. The molecule has 0 amide bonds. The Morgan fingerprint density at radius 3 is 2.50 bits per heavy atom. The van der Waals surface area contributed by atoms with E-state index >= 15 is 0 Å². The van der Waals surface area contributed by atoms with Crippen molar-refractivity contribution in [1.82, 2.24) is 9.62 Å². The molecule has 1 heterocycles. The number of hydrogen-bond acceptors (Lipinski definition) is 4. The molecule has 0 bridgehead atoms. The fourth-order valence-corrected chi connectivity index (χ4v) is 3.74. The Balaban J connectivity index is 2.16. The fourth-order valence-electron chi connectivity index (χ4n) is 1.98. The second-order valence-corrected chi connectivity index (χ2v) is 7.51. The highest BCUT2D eigenvalue weighted by Gasteiger charge is 2.21. The minimum Gasteiger partial charge on any atom is -0.301 e. The van der Waals surface area contributed by atoms with E-state index in [0.717, 1.165) is 17.7 Å². The first-order valence-corrected chi connectivity index (χ1v) is 8.87. The molecule has 0 aliphatic heterocycles. The number of likely N-dealkylation sites (N-methyl/N-ethyl adjacent to an activating group) is 1. The van der Waals surface area contributed by atoms with Crippen molar-refractivity contribution in [2.45, 2.75) is 10.9 Å². The van der Waals surface area contributed by atoms with Gasteiger partial charge in [0.1, 0.15) is 0 Å². The molecule has 0 fully saturated rings. The molecule has 1 aromatic heterocycles. The Labute approximate surface area is 132 Å². The molecular weight excluding hydrogens is 330 g/mol. The minimum absolute atomic E-state index is 0.130. The maximum atomic E-state index is 13.2. The third-order valence-corrected chi connectivity index (χ3v) is 5.34. The lowest BCUT2D eigenvalue weighted by atomic mass is 10.1. The first kappa shape index (κ1) is 17.0. The largest absolute Gasteiger partial charge is 0.301 e. The summed E-state index contributed by atoms with van der Waals surface area (Å²) in [5, 5.41) is 3.85. The summed E-state index contributed by atoms with van der Waals surface area (Å²) in [4.78, 5) is 1.59. The molecule has 0 unspecified atom stereocenters. The summed E-state index contributed by atoms with van der Waals surface area (Å²) < 4.78 is 52.9. The Morgan fingerprint density at radius 2 is 1.95 bits per heavy atom. The Morgan fingerprint density at radius 1 is 1.23 bits per heavy atom. The smallest absolute Gasteiger partial charge is 0.240 e. The van der Waals surface area contributed by atoms with Crippen molar-refractivity contribution in [3.63, 3.8) is 0 Å². The predicted molar refractivity (Wildman–Crippen MR) is 82.3 cm³/mol. The molecule has 1 N–H and O–H groups in total. The zero-order valence-electron chi connectivity index (χ0n) is 12.1. The lowest BCUT2D eigenvalue weighted by molar-refractivity contribution is 0.300. The van der Waals surface area contributed by atoms with Crippen molar-refractivity contribution in [1.29, 1.82) is 0 Å². The Kier molecular flexibility index (Phi) is 5.28. The van der Waals surface area contributed by atoms with E-state index in [1.165, 1.54) is 11.3 Å². The zero-order valence-corrected chi connectivity index (χ0v) is 13.7. The van der Waals surface area contributed by atoms with Gasteiger partial charge in [0.15, 0.2) is 11.6 Å². The number of thiophene rings is 1. The Hall–Kier alpha value is -1.35. The maximum absolute atomic E-state index is 13.2. The number of sulfonamides is 1.